The molecule has 7 heteroatoms. The number of ether oxygens (including phenoxy) is 1. The van der Waals surface area contributed by atoms with Crippen LogP contribution in [0.15, 0.2) is 18.2 Å². The molecule has 0 bridgehead atoms. The fourth-order valence-electron chi connectivity index (χ4n) is 3.66. The van der Waals surface area contributed by atoms with E-state index >= 15 is 0 Å². The number of imide groups is 1. The van der Waals surface area contributed by atoms with Crippen LogP contribution in [0.5, 0.6) is 0 Å². The summed E-state index contributed by atoms with van der Waals surface area (Å²) in [4.78, 5) is 50.8. The smallest absolute Gasteiger partial charge is 0.338 e. The Bertz CT molecular complexity index is 783. The second-order valence-electron chi connectivity index (χ2n) is 6.97. The summed E-state index contributed by atoms with van der Waals surface area (Å²) in [7, 11) is 0. The molecule has 1 aromatic carbocycles. The number of hydrogen-bond donors (Lipinski definition) is 1. The number of likely N-dealkylation sites (N-methyl/N-ethyl adjacent to an activating group) is 1. The zero-order valence-corrected chi connectivity index (χ0v) is 15.6. The van der Waals surface area contributed by atoms with Crippen molar-refractivity contribution in [2.75, 3.05) is 6.54 Å². The van der Waals surface area contributed by atoms with Gasteiger partial charge >= 0.3 is 5.97 Å². The van der Waals surface area contributed by atoms with Crippen molar-refractivity contribution in [2.45, 2.75) is 58.1 Å². The highest BCUT2D eigenvalue weighted by Gasteiger charge is 2.40. The van der Waals surface area contributed by atoms with Gasteiger partial charge in [-0.15, -0.1) is 0 Å². The molecule has 0 radical (unpaired) electrons. The van der Waals surface area contributed by atoms with Gasteiger partial charge in [0.25, 0.3) is 17.7 Å². The number of esters is 1. The predicted octanol–water partition coefficient (Wildman–Crippen LogP) is 2.30. The van der Waals surface area contributed by atoms with Crippen LogP contribution in [0.4, 0.5) is 0 Å². The number of carbonyl (C=O) groups is 4. The molecule has 1 aliphatic heterocycles. The number of hydrogen-bond acceptors (Lipinski definition) is 5. The number of rotatable bonds is 5. The SMILES string of the molecule is CCNC(=O)[C@@H](C)OC(=O)c1ccc2c(c1)C(=O)N(C1CCCCC1)C2=O. The second kappa shape index (κ2) is 7.90. The summed E-state index contributed by atoms with van der Waals surface area (Å²) in [5.41, 5.74) is 0.695. The van der Waals surface area contributed by atoms with Crippen LogP contribution in [0.2, 0.25) is 0 Å². The van der Waals surface area contributed by atoms with E-state index in [-0.39, 0.29) is 34.9 Å². The van der Waals surface area contributed by atoms with E-state index in [2.05, 4.69) is 5.32 Å². The van der Waals surface area contributed by atoms with Crippen LogP contribution >= 0.6 is 0 Å². The maximum absolute atomic E-state index is 12.8. The first kappa shape index (κ1) is 19.1. The predicted molar refractivity (Wildman–Crippen MR) is 97.4 cm³/mol. The molecule has 1 heterocycles. The third kappa shape index (κ3) is 3.72. The van der Waals surface area contributed by atoms with Crippen LogP contribution in [0.1, 0.15) is 77.0 Å². The van der Waals surface area contributed by atoms with Gasteiger partial charge in [0.05, 0.1) is 16.7 Å². The molecule has 3 amide bonds. The number of nitrogens with zero attached hydrogens (tertiary/aromatic N) is 1. The van der Waals surface area contributed by atoms with E-state index in [9.17, 15) is 19.2 Å². The molecule has 27 heavy (non-hydrogen) atoms. The Hall–Kier alpha value is -2.70. The minimum Gasteiger partial charge on any atom is -0.449 e. The lowest BCUT2D eigenvalue weighted by atomic mass is 9.94. The summed E-state index contributed by atoms with van der Waals surface area (Å²) in [6.45, 7) is 3.69. The van der Waals surface area contributed by atoms with Crippen molar-refractivity contribution in [3.63, 3.8) is 0 Å². The lowest BCUT2D eigenvalue weighted by molar-refractivity contribution is -0.128. The summed E-state index contributed by atoms with van der Waals surface area (Å²) >= 11 is 0. The summed E-state index contributed by atoms with van der Waals surface area (Å²) in [6.07, 6.45) is 3.84. The quantitative estimate of drug-likeness (QED) is 0.632. The highest BCUT2D eigenvalue weighted by atomic mass is 16.5. The molecule has 2 aliphatic rings. The van der Waals surface area contributed by atoms with E-state index < -0.39 is 12.1 Å². The molecule has 0 spiro atoms. The van der Waals surface area contributed by atoms with Gasteiger partial charge in [-0.1, -0.05) is 19.3 Å². The summed E-state index contributed by atoms with van der Waals surface area (Å²) in [5.74, 6) is -1.74. The highest BCUT2D eigenvalue weighted by molar-refractivity contribution is 6.22. The van der Waals surface area contributed by atoms with Gasteiger partial charge in [-0.25, -0.2) is 4.79 Å². The van der Waals surface area contributed by atoms with Crippen LogP contribution < -0.4 is 5.32 Å². The molecule has 1 N–H and O–H groups in total. The van der Waals surface area contributed by atoms with Crippen molar-refractivity contribution in [2.24, 2.45) is 0 Å². The molecule has 0 aromatic heterocycles. The average Bonchev–Trinajstić information content (AvgIpc) is 2.92. The molecule has 1 atom stereocenters. The number of carbonyl (C=O) groups excluding carboxylic acids is 4. The van der Waals surface area contributed by atoms with Gasteiger partial charge in [-0.05, 0) is 44.9 Å². The lowest BCUT2D eigenvalue weighted by Crippen LogP contribution is -2.40. The zero-order valence-electron chi connectivity index (χ0n) is 15.6. The van der Waals surface area contributed by atoms with Gasteiger partial charge in [-0.3, -0.25) is 19.3 Å². The molecule has 1 fully saturated rings. The standard InChI is InChI=1S/C20H24N2O5/c1-3-21-17(23)12(2)27-20(26)13-9-10-15-16(11-13)19(25)22(18(15)24)14-7-5-4-6-8-14/h9-12,14H,3-8H2,1-2H3,(H,21,23)/t12-/m1/s1. The number of fused-ring (bicyclic) bond motifs is 1. The van der Waals surface area contributed by atoms with Gasteiger partial charge in [0.15, 0.2) is 6.10 Å². The van der Waals surface area contributed by atoms with Crippen molar-refractivity contribution < 1.29 is 23.9 Å². The van der Waals surface area contributed by atoms with Gasteiger partial charge in [0.1, 0.15) is 0 Å². The largest absolute Gasteiger partial charge is 0.449 e. The Kier molecular flexibility index (Phi) is 5.58. The van der Waals surface area contributed by atoms with Gasteiger partial charge in [-0.2, -0.15) is 0 Å². The Morgan fingerprint density at radius 3 is 2.48 bits per heavy atom. The van der Waals surface area contributed by atoms with E-state index in [0.29, 0.717) is 12.1 Å². The summed E-state index contributed by atoms with van der Waals surface area (Å²) in [5, 5.41) is 2.58. The zero-order chi connectivity index (χ0) is 19.6. The van der Waals surface area contributed by atoms with Crippen LogP contribution in [-0.4, -0.2) is 47.3 Å². The maximum atomic E-state index is 12.8. The molecule has 144 valence electrons. The first-order valence-electron chi connectivity index (χ1n) is 9.44. The molecular weight excluding hydrogens is 348 g/mol. The van der Waals surface area contributed by atoms with E-state index in [1.54, 1.807) is 6.92 Å². The molecule has 0 saturated heterocycles. The van der Waals surface area contributed by atoms with Crippen LogP contribution in [0, 0.1) is 0 Å². The Balaban J connectivity index is 1.77. The van der Waals surface area contributed by atoms with Crippen molar-refractivity contribution in [3.05, 3.63) is 34.9 Å². The molecule has 1 saturated carbocycles. The third-order valence-corrected chi connectivity index (χ3v) is 5.10. The number of amides is 3. The van der Waals surface area contributed by atoms with Crippen molar-refractivity contribution in [3.8, 4) is 0 Å². The van der Waals surface area contributed by atoms with E-state index in [0.717, 1.165) is 32.1 Å². The normalized spacial score (nSPS) is 18.2. The topological polar surface area (TPSA) is 92.8 Å². The molecule has 1 aliphatic carbocycles. The maximum Gasteiger partial charge on any atom is 0.338 e. The number of benzene rings is 1. The van der Waals surface area contributed by atoms with Crippen molar-refractivity contribution >= 4 is 23.7 Å². The van der Waals surface area contributed by atoms with Crippen LogP contribution in [0.3, 0.4) is 0 Å². The van der Waals surface area contributed by atoms with Crippen molar-refractivity contribution in [1.82, 2.24) is 10.2 Å². The van der Waals surface area contributed by atoms with Gasteiger partial charge in [0, 0.05) is 12.6 Å². The van der Waals surface area contributed by atoms with Crippen LogP contribution in [-0.2, 0) is 9.53 Å². The van der Waals surface area contributed by atoms with E-state index in [1.807, 2.05) is 0 Å². The fraction of sp³-hybridized carbons (Fsp3) is 0.500. The molecule has 0 unspecified atom stereocenters. The molecule has 3 rings (SSSR count). The first-order valence-corrected chi connectivity index (χ1v) is 9.44. The highest BCUT2D eigenvalue weighted by Crippen LogP contribution is 2.31. The Labute approximate surface area is 158 Å². The fourth-order valence-corrected chi connectivity index (χ4v) is 3.66. The third-order valence-electron chi connectivity index (χ3n) is 5.10. The first-order chi connectivity index (χ1) is 12.9. The summed E-state index contributed by atoms with van der Waals surface area (Å²) in [6, 6.07) is 4.28. The molecular formula is C20H24N2O5. The Morgan fingerprint density at radius 1 is 1.15 bits per heavy atom. The van der Waals surface area contributed by atoms with Crippen LogP contribution in [0.25, 0.3) is 0 Å². The molecule has 1 aromatic rings. The van der Waals surface area contributed by atoms with Gasteiger partial charge in [0.2, 0.25) is 0 Å². The minimum absolute atomic E-state index is 0.0701. The minimum atomic E-state index is -0.943. The number of nitrogens with one attached hydrogen (secondary N) is 1. The second-order valence-corrected chi connectivity index (χ2v) is 6.97. The van der Waals surface area contributed by atoms with Gasteiger partial charge < -0.3 is 10.1 Å². The average molecular weight is 372 g/mol. The van der Waals surface area contributed by atoms with E-state index in [4.69, 9.17) is 4.74 Å². The molecule has 7 nitrogen and oxygen atoms in total. The summed E-state index contributed by atoms with van der Waals surface area (Å²) < 4.78 is 5.15. The lowest BCUT2D eigenvalue weighted by Gasteiger charge is -2.29. The Morgan fingerprint density at radius 2 is 1.81 bits per heavy atom. The van der Waals surface area contributed by atoms with E-state index in [1.165, 1.54) is 30.0 Å². The monoisotopic (exact) mass is 372 g/mol. The van der Waals surface area contributed by atoms with Crippen molar-refractivity contribution in [1.29, 1.82) is 0 Å².